The lowest BCUT2D eigenvalue weighted by Crippen LogP contribution is -2.48. The summed E-state index contributed by atoms with van der Waals surface area (Å²) in [5, 5.41) is 12.1. The lowest BCUT2D eigenvalue weighted by atomic mass is 10.1. The van der Waals surface area contributed by atoms with E-state index in [1.54, 1.807) is 6.20 Å². The van der Waals surface area contributed by atoms with Crippen molar-refractivity contribution in [2.45, 2.75) is 26.1 Å². The molecular formula is C22H30IN7O. The van der Waals surface area contributed by atoms with Crippen LogP contribution in [0.1, 0.15) is 29.7 Å². The third-order valence-corrected chi connectivity index (χ3v) is 5.21. The summed E-state index contributed by atoms with van der Waals surface area (Å²) in [5.74, 6) is 0.920. The van der Waals surface area contributed by atoms with Crippen LogP contribution in [0.2, 0.25) is 0 Å². The first-order chi connectivity index (χ1) is 14.7. The lowest BCUT2D eigenvalue weighted by molar-refractivity contribution is -0.00805. The van der Waals surface area contributed by atoms with E-state index >= 15 is 0 Å². The number of rotatable bonds is 6. The third kappa shape index (κ3) is 6.07. The van der Waals surface area contributed by atoms with Gasteiger partial charge in [-0.05, 0) is 24.1 Å². The number of nitrogens with one attached hydrogen (secondary N) is 1. The van der Waals surface area contributed by atoms with Crippen LogP contribution in [0.4, 0.5) is 0 Å². The smallest absolute Gasteiger partial charge is 0.194 e. The molecule has 1 N–H and O–H groups in total. The van der Waals surface area contributed by atoms with Crippen LogP contribution in [0.3, 0.4) is 0 Å². The zero-order valence-electron chi connectivity index (χ0n) is 18.0. The highest BCUT2D eigenvalue weighted by atomic mass is 127. The molecule has 3 aromatic rings. The first kappa shape index (κ1) is 23.3. The number of nitrogens with zero attached hydrogens (tertiary/aromatic N) is 6. The Hall–Kier alpha value is -2.40. The average Bonchev–Trinajstić information content (AvgIpc) is 3.44. The normalized spacial score (nSPS) is 16.8. The average molecular weight is 535 g/mol. The molecule has 31 heavy (non-hydrogen) atoms. The van der Waals surface area contributed by atoms with E-state index in [2.05, 4.69) is 51.6 Å². The zero-order chi connectivity index (χ0) is 20.8. The Kier molecular flexibility index (Phi) is 8.47. The number of morpholine rings is 1. The number of aromatic nitrogens is 4. The molecule has 2 aromatic heterocycles. The van der Waals surface area contributed by atoms with Gasteiger partial charge in [-0.15, -0.1) is 24.0 Å². The minimum atomic E-state index is 0. The summed E-state index contributed by atoms with van der Waals surface area (Å²) in [4.78, 5) is 7.23. The Morgan fingerprint density at radius 2 is 2.06 bits per heavy atom. The summed E-state index contributed by atoms with van der Waals surface area (Å²) in [5.41, 5.74) is 3.54. The maximum Gasteiger partial charge on any atom is 0.194 e. The highest BCUT2D eigenvalue weighted by molar-refractivity contribution is 14.0. The van der Waals surface area contributed by atoms with Gasteiger partial charge < -0.3 is 15.0 Å². The van der Waals surface area contributed by atoms with Crippen molar-refractivity contribution in [3.63, 3.8) is 0 Å². The van der Waals surface area contributed by atoms with Crippen molar-refractivity contribution in [3.8, 4) is 0 Å². The van der Waals surface area contributed by atoms with Crippen LogP contribution in [0.5, 0.6) is 0 Å². The molecule has 9 heteroatoms. The highest BCUT2D eigenvalue weighted by Gasteiger charge is 2.25. The van der Waals surface area contributed by atoms with E-state index < -0.39 is 0 Å². The number of ether oxygens (including phenoxy) is 1. The summed E-state index contributed by atoms with van der Waals surface area (Å²) in [6, 6.07) is 10.4. The van der Waals surface area contributed by atoms with Gasteiger partial charge in [0.15, 0.2) is 5.96 Å². The van der Waals surface area contributed by atoms with Crippen molar-refractivity contribution in [2.75, 3.05) is 26.2 Å². The zero-order valence-corrected chi connectivity index (χ0v) is 20.3. The number of halogens is 1. The summed E-state index contributed by atoms with van der Waals surface area (Å²) >= 11 is 0. The standard InChI is InChI=1S/C22H29N7O.HI/c1-3-23-22(28-11-12-30-21(17-28)20-14-26-27(2)15-20)24-13-18-7-4-5-8-19(18)16-29-10-6-9-25-29;/h4-10,14-15,21H,3,11-13,16-17H2,1-2H3,(H,23,24);1H. The maximum absolute atomic E-state index is 5.99. The van der Waals surface area contributed by atoms with E-state index in [9.17, 15) is 0 Å². The molecule has 1 atom stereocenters. The molecule has 166 valence electrons. The molecule has 1 aromatic carbocycles. The molecule has 1 saturated heterocycles. The van der Waals surface area contributed by atoms with E-state index in [1.807, 2.05) is 41.1 Å². The SMILES string of the molecule is CCNC(=NCc1ccccc1Cn1cccn1)N1CCOC(c2cnn(C)c2)C1.I. The minimum Gasteiger partial charge on any atom is -0.370 e. The van der Waals surface area contributed by atoms with Gasteiger partial charge in [0.05, 0.1) is 32.4 Å². The molecule has 0 spiro atoms. The topological polar surface area (TPSA) is 72.5 Å². The fourth-order valence-electron chi connectivity index (χ4n) is 3.67. The van der Waals surface area contributed by atoms with Gasteiger partial charge in [0, 0.05) is 44.3 Å². The summed E-state index contributed by atoms with van der Waals surface area (Å²) in [6.45, 7) is 6.53. The molecule has 0 radical (unpaired) electrons. The fraction of sp³-hybridized carbons (Fsp3) is 0.409. The van der Waals surface area contributed by atoms with Crippen molar-refractivity contribution < 1.29 is 4.74 Å². The van der Waals surface area contributed by atoms with E-state index in [-0.39, 0.29) is 30.1 Å². The third-order valence-electron chi connectivity index (χ3n) is 5.21. The first-order valence-electron chi connectivity index (χ1n) is 10.4. The Balaban J connectivity index is 0.00000272. The second kappa shape index (κ2) is 11.3. The molecule has 8 nitrogen and oxygen atoms in total. The second-order valence-corrected chi connectivity index (χ2v) is 7.40. The molecule has 0 aliphatic carbocycles. The molecule has 1 unspecified atom stereocenters. The highest BCUT2D eigenvalue weighted by Crippen LogP contribution is 2.22. The maximum atomic E-state index is 5.99. The summed E-state index contributed by atoms with van der Waals surface area (Å²) in [7, 11) is 1.93. The van der Waals surface area contributed by atoms with E-state index in [4.69, 9.17) is 9.73 Å². The van der Waals surface area contributed by atoms with E-state index in [0.29, 0.717) is 13.2 Å². The van der Waals surface area contributed by atoms with Gasteiger partial charge >= 0.3 is 0 Å². The van der Waals surface area contributed by atoms with Gasteiger partial charge in [-0.1, -0.05) is 24.3 Å². The van der Waals surface area contributed by atoms with Crippen molar-refractivity contribution in [1.82, 2.24) is 29.8 Å². The van der Waals surface area contributed by atoms with Gasteiger partial charge in [-0.25, -0.2) is 4.99 Å². The Labute approximate surface area is 200 Å². The van der Waals surface area contributed by atoms with Crippen molar-refractivity contribution in [1.29, 1.82) is 0 Å². The van der Waals surface area contributed by atoms with Crippen LogP contribution in [-0.4, -0.2) is 56.7 Å². The van der Waals surface area contributed by atoms with Gasteiger partial charge in [0.25, 0.3) is 0 Å². The Morgan fingerprint density at radius 3 is 2.77 bits per heavy atom. The molecule has 4 rings (SSSR count). The number of hydrogen-bond acceptors (Lipinski definition) is 4. The largest absolute Gasteiger partial charge is 0.370 e. The predicted molar refractivity (Wildman–Crippen MR) is 131 cm³/mol. The molecular weight excluding hydrogens is 505 g/mol. The molecule has 1 aliphatic rings. The molecule has 1 aliphatic heterocycles. The minimum absolute atomic E-state index is 0. The number of guanidine groups is 1. The monoisotopic (exact) mass is 535 g/mol. The summed E-state index contributed by atoms with van der Waals surface area (Å²) < 4.78 is 9.74. The number of benzene rings is 1. The first-order valence-corrected chi connectivity index (χ1v) is 10.4. The predicted octanol–water partition coefficient (Wildman–Crippen LogP) is 2.82. The van der Waals surface area contributed by atoms with Gasteiger partial charge in [0.2, 0.25) is 0 Å². The molecule has 0 saturated carbocycles. The van der Waals surface area contributed by atoms with Crippen LogP contribution in [0, 0.1) is 0 Å². The van der Waals surface area contributed by atoms with Crippen molar-refractivity contribution >= 4 is 29.9 Å². The second-order valence-electron chi connectivity index (χ2n) is 7.40. The van der Waals surface area contributed by atoms with Crippen molar-refractivity contribution in [3.05, 3.63) is 71.8 Å². The quantitative estimate of drug-likeness (QED) is 0.299. The molecule has 0 amide bonds. The summed E-state index contributed by atoms with van der Waals surface area (Å²) in [6.07, 6.45) is 7.69. The van der Waals surface area contributed by atoms with Crippen LogP contribution in [0.25, 0.3) is 0 Å². The lowest BCUT2D eigenvalue weighted by Gasteiger charge is -2.34. The number of aliphatic imine (C=N–C) groups is 1. The van der Waals surface area contributed by atoms with E-state index in [1.165, 1.54) is 11.1 Å². The number of hydrogen-bond donors (Lipinski definition) is 1. The molecule has 1 fully saturated rings. The van der Waals surface area contributed by atoms with Gasteiger partial charge in [-0.3, -0.25) is 9.36 Å². The Morgan fingerprint density at radius 1 is 1.23 bits per heavy atom. The fourth-order valence-corrected chi connectivity index (χ4v) is 3.67. The van der Waals surface area contributed by atoms with Crippen LogP contribution in [-0.2, 0) is 24.9 Å². The van der Waals surface area contributed by atoms with Crippen LogP contribution < -0.4 is 5.32 Å². The molecule has 0 bridgehead atoms. The molecule has 3 heterocycles. The van der Waals surface area contributed by atoms with Crippen LogP contribution >= 0.6 is 24.0 Å². The Bertz CT molecular complexity index is 970. The van der Waals surface area contributed by atoms with Gasteiger partial charge in [-0.2, -0.15) is 10.2 Å². The van der Waals surface area contributed by atoms with Gasteiger partial charge in [0.1, 0.15) is 6.10 Å². The van der Waals surface area contributed by atoms with Crippen LogP contribution in [0.15, 0.2) is 60.1 Å². The number of aryl methyl sites for hydroxylation is 1. The van der Waals surface area contributed by atoms with Crippen molar-refractivity contribution in [2.24, 2.45) is 12.0 Å². The van der Waals surface area contributed by atoms with E-state index in [0.717, 1.165) is 37.7 Å².